The van der Waals surface area contributed by atoms with Crippen molar-refractivity contribution in [1.29, 1.82) is 5.41 Å². The molecule has 3 heteroatoms. The minimum atomic E-state index is 0.375. The molecule has 2 aliphatic heterocycles. The minimum absolute atomic E-state index is 0.375. The first-order valence-electron chi connectivity index (χ1n) is 6.76. The topological polar surface area (TPSA) is 30.3 Å². The molecule has 0 aliphatic carbocycles. The lowest BCUT2D eigenvalue weighted by molar-refractivity contribution is 0.168. The van der Waals surface area contributed by atoms with Gasteiger partial charge in [0.2, 0.25) is 0 Å². The fourth-order valence-electron chi connectivity index (χ4n) is 2.91. The quantitative estimate of drug-likeness (QED) is 0.574. The average molecular weight is 223 g/mol. The smallest absolute Gasteiger partial charge is 0.0984 e. The Morgan fingerprint density at radius 3 is 2.44 bits per heavy atom. The van der Waals surface area contributed by atoms with Gasteiger partial charge in [-0.25, -0.2) is 0 Å². The van der Waals surface area contributed by atoms with E-state index in [4.69, 9.17) is 5.41 Å². The molecule has 1 N–H and O–H groups in total. The van der Waals surface area contributed by atoms with Gasteiger partial charge in [-0.1, -0.05) is 20.3 Å². The van der Waals surface area contributed by atoms with Crippen molar-refractivity contribution in [2.45, 2.75) is 45.6 Å². The third-order valence-corrected chi connectivity index (χ3v) is 3.96. The number of hydrogen-bond acceptors (Lipinski definition) is 2. The molecule has 2 fully saturated rings. The van der Waals surface area contributed by atoms with Gasteiger partial charge >= 0.3 is 0 Å². The van der Waals surface area contributed by atoms with E-state index in [0.717, 1.165) is 25.0 Å². The van der Waals surface area contributed by atoms with Gasteiger partial charge in [-0.3, -0.25) is 10.3 Å². The van der Waals surface area contributed by atoms with Gasteiger partial charge in [0, 0.05) is 25.0 Å². The monoisotopic (exact) mass is 223 g/mol. The molecule has 92 valence electrons. The minimum Gasteiger partial charge on any atom is -0.359 e. The standard InChI is InChI=1S/C13H25N3/c1-11(2)13(14)16-9-6-12(10-16)15-7-4-3-5-8-15/h11-12,14H,3-10H2,1-2H3. The van der Waals surface area contributed by atoms with Crippen molar-refractivity contribution in [3.05, 3.63) is 0 Å². The van der Waals surface area contributed by atoms with E-state index in [1.807, 2.05) is 0 Å². The number of piperidine rings is 1. The summed E-state index contributed by atoms with van der Waals surface area (Å²) in [5, 5.41) is 8.05. The van der Waals surface area contributed by atoms with Gasteiger partial charge < -0.3 is 4.90 Å². The van der Waals surface area contributed by atoms with Crippen LogP contribution in [-0.2, 0) is 0 Å². The van der Waals surface area contributed by atoms with Gasteiger partial charge in [0.25, 0.3) is 0 Å². The van der Waals surface area contributed by atoms with Gasteiger partial charge in [0.05, 0.1) is 5.84 Å². The summed E-state index contributed by atoms with van der Waals surface area (Å²) < 4.78 is 0. The summed E-state index contributed by atoms with van der Waals surface area (Å²) in [7, 11) is 0. The normalized spacial score (nSPS) is 27.7. The Balaban J connectivity index is 1.85. The Morgan fingerprint density at radius 1 is 1.12 bits per heavy atom. The third kappa shape index (κ3) is 2.57. The van der Waals surface area contributed by atoms with E-state index in [1.165, 1.54) is 38.8 Å². The second-order valence-electron chi connectivity index (χ2n) is 5.53. The first-order valence-corrected chi connectivity index (χ1v) is 6.76. The van der Waals surface area contributed by atoms with Crippen molar-refractivity contribution in [3.8, 4) is 0 Å². The summed E-state index contributed by atoms with van der Waals surface area (Å²) in [6.45, 7) is 9.00. The van der Waals surface area contributed by atoms with Gasteiger partial charge in [-0.15, -0.1) is 0 Å². The van der Waals surface area contributed by atoms with E-state index in [2.05, 4.69) is 23.6 Å². The molecule has 16 heavy (non-hydrogen) atoms. The molecular weight excluding hydrogens is 198 g/mol. The lowest BCUT2D eigenvalue weighted by Gasteiger charge is -2.32. The molecule has 3 nitrogen and oxygen atoms in total. The lowest BCUT2D eigenvalue weighted by atomic mass is 10.1. The van der Waals surface area contributed by atoms with Crippen LogP contribution >= 0.6 is 0 Å². The van der Waals surface area contributed by atoms with E-state index < -0.39 is 0 Å². The first-order chi connectivity index (χ1) is 7.68. The molecule has 0 amide bonds. The van der Waals surface area contributed by atoms with Gasteiger partial charge in [0.1, 0.15) is 0 Å². The van der Waals surface area contributed by atoms with Crippen LogP contribution in [0.4, 0.5) is 0 Å². The van der Waals surface area contributed by atoms with Crippen molar-refractivity contribution in [2.75, 3.05) is 26.2 Å². The zero-order chi connectivity index (χ0) is 11.5. The van der Waals surface area contributed by atoms with Crippen molar-refractivity contribution >= 4 is 5.84 Å². The number of likely N-dealkylation sites (tertiary alicyclic amines) is 2. The molecule has 0 spiro atoms. The third-order valence-electron chi connectivity index (χ3n) is 3.96. The van der Waals surface area contributed by atoms with Crippen LogP contribution in [0.3, 0.4) is 0 Å². The highest BCUT2D eigenvalue weighted by Gasteiger charge is 2.30. The molecule has 0 radical (unpaired) electrons. The van der Waals surface area contributed by atoms with Crippen LogP contribution in [0.25, 0.3) is 0 Å². The molecule has 0 aromatic heterocycles. The molecule has 0 bridgehead atoms. The van der Waals surface area contributed by atoms with Gasteiger partial charge in [0.15, 0.2) is 0 Å². The van der Waals surface area contributed by atoms with Crippen LogP contribution in [0, 0.1) is 11.3 Å². The highest BCUT2D eigenvalue weighted by atomic mass is 15.3. The van der Waals surface area contributed by atoms with E-state index in [-0.39, 0.29) is 0 Å². The Labute approximate surface area is 99.3 Å². The summed E-state index contributed by atoms with van der Waals surface area (Å²) >= 11 is 0. The van der Waals surface area contributed by atoms with Crippen molar-refractivity contribution < 1.29 is 0 Å². The van der Waals surface area contributed by atoms with E-state index >= 15 is 0 Å². The Bertz CT molecular complexity index is 244. The Hall–Kier alpha value is -0.570. The van der Waals surface area contributed by atoms with Crippen LogP contribution < -0.4 is 0 Å². The summed E-state index contributed by atoms with van der Waals surface area (Å²) in [6, 6.07) is 0.722. The predicted molar refractivity (Wildman–Crippen MR) is 68.0 cm³/mol. The summed E-state index contributed by atoms with van der Waals surface area (Å²) in [4.78, 5) is 4.93. The van der Waals surface area contributed by atoms with Crippen molar-refractivity contribution in [2.24, 2.45) is 5.92 Å². The fraction of sp³-hybridized carbons (Fsp3) is 0.923. The summed E-state index contributed by atoms with van der Waals surface area (Å²) in [5.74, 6) is 1.21. The zero-order valence-electron chi connectivity index (χ0n) is 10.7. The molecule has 2 heterocycles. The molecular formula is C13H25N3. The number of hydrogen-bond donors (Lipinski definition) is 1. The molecule has 0 aromatic rings. The number of nitrogens with one attached hydrogen (secondary N) is 1. The van der Waals surface area contributed by atoms with Crippen LogP contribution in [0.2, 0.25) is 0 Å². The number of amidine groups is 1. The summed E-state index contributed by atoms with van der Waals surface area (Å²) in [6.07, 6.45) is 5.42. The van der Waals surface area contributed by atoms with Crippen molar-refractivity contribution in [1.82, 2.24) is 9.80 Å². The van der Waals surface area contributed by atoms with Crippen LogP contribution in [0.5, 0.6) is 0 Å². The SMILES string of the molecule is CC(C)C(=N)N1CCC(N2CCCCC2)C1. The predicted octanol–water partition coefficient (Wildman–Crippen LogP) is 2.18. The van der Waals surface area contributed by atoms with E-state index in [1.54, 1.807) is 0 Å². The van der Waals surface area contributed by atoms with E-state index in [0.29, 0.717) is 5.92 Å². The van der Waals surface area contributed by atoms with Crippen LogP contribution in [-0.4, -0.2) is 47.9 Å². The maximum Gasteiger partial charge on any atom is 0.0984 e. The maximum absolute atomic E-state index is 8.05. The second-order valence-corrected chi connectivity index (χ2v) is 5.53. The molecule has 2 aliphatic rings. The Kier molecular flexibility index (Phi) is 3.85. The largest absolute Gasteiger partial charge is 0.359 e. The van der Waals surface area contributed by atoms with Gasteiger partial charge in [-0.05, 0) is 32.4 Å². The lowest BCUT2D eigenvalue weighted by Crippen LogP contribution is -2.42. The second kappa shape index (κ2) is 5.17. The maximum atomic E-state index is 8.05. The number of nitrogens with zero attached hydrogens (tertiary/aromatic N) is 2. The zero-order valence-corrected chi connectivity index (χ0v) is 10.7. The van der Waals surface area contributed by atoms with E-state index in [9.17, 15) is 0 Å². The molecule has 0 aromatic carbocycles. The highest BCUT2D eigenvalue weighted by molar-refractivity contribution is 5.81. The molecule has 1 unspecified atom stereocenters. The average Bonchev–Trinajstić information content (AvgIpc) is 2.78. The van der Waals surface area contributed by atoms with Crippen LogP contribution in [0.1, 0.15) is 39.5 Å². The fourth-order valence-corrected chi connectivity index (χ4v) is 2.91. The molecule has 0 saturated carbocycles. The molecule has 2 rings (SSSR count). The molecule has 2 saturated heterocycles. The van der Waals surface area contributed by atoms with Gasteiger partial charge in [-0.2, -0.15) is 0 Å². The Morgan fingerprint density at radius 2 is 1.81 bits per heavy atom. The highest BCUT2D eigenvalue weighted by Crippen LogP contribution is 2.21. The van der Waals surface area contributed by atoms with Crippen molar-refractivity contribution in [3.63, 3.8) is 0 Å². The number of rotatable bonds is 2. The molecule has 1 atom stereocenters. The first kappa shape index (κ1) is 11.9. The van der Waals surface area contributed by atoms with Crippen LogP contribution in [0.15, 0.2) is 0 Å². The summed E-state index contributed by atoms with van der Waals surface area (Å²) in [5.41, 5.74) is 0.